The van der Waals surface area contributed by atoms with Gasteiger partial charge in [0.15, 0.2) is 5.11 Å². The SMILES string of the molecule is CCCC(C)NC(=S)Nc1ccccc1. The van der Waals surface area contributed by atoms with Crippen LogP contribution in [0.4, 0.5) is 5.69 Å². The Kier molecular flexibility index (Phi) is 5.12. The van der Waals surface area contributed by atoms with Gasteiger partial charge in [0.2, 0.25) is 0 Å². The van der Waals surface area contributed by atoms with E-state index in [1.165, 1.54) is 6.42 Å². The minimum Gasteiger partial charge on any atom is -0.360 e. The van der Waals surface area contributed by atoms with Crippen molar-refractivity contribution in [1.82, 2.24) is 5.32 Å². The lowest BCUT2D eigenvalue weighted by molar-refractivity contribution is 0.599. The molecule has 15 heavy (non-hydrogen) atoms. The van der Waals surface area contributed by atoms with Crippen LogP contribution in [-0.4, -0.2) is 11.2 Å². The molecule has 0 radical (unpaired) electrons. The molecule has 0 saturated carbocycles. The van der Waals surface area contributed by atoms with Crippen LogP contribution in [0.25, 0.3) is 0 Å². The summed E-state index contributed by atoms with van der Waals surface area (Å²) in [7, 11) is 0. The van der Waals surface area contributed by atoms with Crippen molar-refractivity contribution in [1.29, 1.82) is 0 Å². The van der Waals surface area contributed by atoms with Crippen LogP contribution < -0.4 is 10.6 Å². The Morgan fingerprint density at radius 3 is 2.60 bits per heavy atom. The molecule has 0 spiro atoms. The molecule has 2 nitrogen and oxygen atoms in total. The third-order valence-corrected chi connectivity index (χ3v) is 2.35. The number of hydrogen-bond donors (Lipinski definition) is 2. The highest BCUT2D eigenvalue weighted by atomic mass is 32.1. The largest absolute Gasteiger partial charge is 0.360 e. The van der Waals surface area contributed by atoms with Crippen LogP contribution in [0.5, 0.6) is 0 Å². The van der Waals surface area contributed by atoms with Gasteiger partial charge in [0.05, 0.1) is 0 Å². The molecule has 3 heteroatoms. The summed E-state index contributed by atoms with van der Waals surface area (Å²) in [6, 6.07) is 10.4. The smallest absolute Gasteiger partial charge is 0.170 e. The minimum atomic E-state index is 0.429. The molecule has 82 valence electrons. The maximum Gasteiger partial charge on any atom is 0.170 e. The molecular weight excluding hydrogens is 204 g/mol. The lowest BCUT2D eigenvalue weighted by Gasteiger charge is -2.16. The Bertz CT molecular complexity index is 298. The molecule has 1 atom stereocenters. The van der Waals surface area contributed by atoms with Gasteiger partial charge in [-0.05, 0) is 37.7 Å². The lowest BCUT2D eigenvalue weighted by Crippen LogP contribution is -2.35. The first-order chi connectivity index (χ1) is 7.22. The molecule has 0 heterocycles. The van der Waals surface area contributed by atoms with Gasteiger partial charge in [-0.2, -0.15) is 0 Å². The van der Waals surface area contributed by atoms with Gasteiger partial charge in [0.25, 0.3) is 0 Å². The van der Waals surface area contributed by atoms with Crippen LogP contribution in [0, 0.1) is 0 Å². The number of benzene rings is 1. The fourth-order valence-corrected chi connectivity index (χ4v) is 1.74. The molecule has 1 aromatic rings. The summed E-state index contributed by atoms with van der Waals surface area (Å²) in [5, 5.41) is 7.10. The highest BCUT2D eigenvalue weighted by Gasteiger charge is 2.02. The van der Waals surface area contributed by atoms with Crippen molar-refractivity contribution in [2.45, 2.75) is 32.7 Å². The van der Waals surface area contributed by atoms with Crippen LogP contribution >= 0.6 is 12.2 Å². The van der Waals surface area contributed by atoms with Crippen LogP contribution in [0.15, 0.2) is 30.3 Å². The van der Waals surface area contributed by atoms with Gasteiger partial charge < -0.3 is 10.6 Å². The van der Waals surface area contributed by atoms with Gasteiger partial charge in [-0.1, -0.05) is 31.5 Å². The highest BCUT2D eigenvalue weighted by Crippen LogP contribution is 2.05. The molecular formula is C12H18N2S. The average Bonchev–Trinajstić information content (AvgIpc) is 2.19. The predicted molar refractivity (Wildman–Crippen MR) is 70.2 cm³/mol. The summed E-state index contributed by atoms with van der Waals surface area (Å²) >= 11 is 5.20. The van der Waals surface area contributed by atoms with Crippen LogP contribution in [0.3, 0.4) is 0 Å². The highest BCUT2D eigenvalue weighted by molar-refractivity contribution is 7.80. The Labute approximate surface area is 97.1 Å². The molecule has 0 saturated heterocycles. The molecule has 2 N–H and O–H groups in total. The Hall–Kier alpha value is -1.09. The fourth-order valence-electron chi connectivity index (χ4n) is 1.42. The van der Waals surface area contributed by atoms with E-state index in [-0.39, 0.29) is 0 Å². The van der Waals surface area contributed by atoms with Crippen molar-refractivity contribution in [2.24, 2.45) is 0 Å². The molecule has 0 aromatic heterocycles. The number of nitrogens with one attached hydrogen (secondary N) is 2. The van der Waals surface area contributed by atoms with E-state index in [2.05, 4.69) is 24.5 Å². The molecule has 1 aromatic carbocycles. The van der Waals surface area contributed by atoms with E-state index >= 15 is 0 Å². The first-order valence-electron chi connectivity index (χ1n) is 5.35. The average molecular weight is 222 g/mol. The Morgan fingerprint density at radius 1 is 1.33 bits per heavy atom. The van der Waals surface area contributed by atoms with Crippen molar-refractivity contribution in [3.63, 3.8) is 0 Å². The van der Waals surface area contributed by atoms with Gasteiger partial charge in [-0.15, -0.1) is 0 Å². The normalized spacial score (nSPS) is 11.9. The topological polar surface area (TPSA) is 24.1 Å². The van der Waals surface area contributed by atoms with Gasteiger partial charge in [-0.3, -0.25) is 0 Å². The summed E-state index contributed by atoms with van der Waals surface area (Å²) in [6.45, 7) is 4.31. The Balaban J connectivity index is 2.36. The van der Waals surface area contributed by atoms with Gasteiger partial charge >= 0.3 is 0 Å². The molecule has 1 unspecified atom stereocenters. The second kappa shape index (κ2) is 6.40. The van der Waals surface area contributed by atoms with Gasteiger partial charge in [0, 0.05) is 11.7 Å². The first-order valence-corrected chi connectivity index (χ1v) is 5.75. The summed E-state index contributed by atoms with van der Waals surface area (Å²) in [4.78, 5) is 0. The van der Waals surface area contributed by atoms with Crippen molar-refractivity contribution < 1.29 is 0 Å². The van der Waals surface area contributed by atoms with Crippen LogP contribution in [-0.2, 0) is 0 Å². The number of anilines is 1. The molecule has 0 bridgehead atoms. The lowest BCUT2D eigenvalue weighted by atomic mass is 10.2. The zero-order valence-corrected chi connectivity index (χ0v) is 10.1. The molecule has 0 aliphatic heterocycles. The summed E-state index contributed by atoms with van der Waals surface area (Å²) in [5.74, 6) is 0. The molecule has 0 fully saturated rings. The maximum absolute atomic E-state index is 5.20. The Morgan fingerprint density at radius 2 is 2.00 bits per heavy atom. The molecule has 1 rings (SSSR count). The van der Waals surface area contributed by atoms with E-state index < -0.39 is 0 Å². The number of thiocarbonyl (C=S) groups is 1. The van der Waals surface area contributed by atoms with E-state index in [4.69, 9.17) is 12.2 Å². The quantitative estimate of drug-likeness (QED) is 0.765. The molecule has 0 aliphatic rings. The summed E-state index contributed by atoms with van der Waals surface area (Å²) in [5.41, 5.74) is 1.03. The third kappa shape index (κ3) is 4.79. The number of rotatable bonds is 4. The van der Waals surface area contributed by atoms with E-state index in [0.717, 1.165) is 12.1 Å². The van der Waals surface area contributed by atoms with E-state index in [9.17, 15) is 0 Å². The zero-order valence-electron chi connectivity index (χ0n) is 9.29. The second-order valence-corrected chi connectivity index (χ2v) is 4.06. The van der Waals surface area contributed by atoms with E-state index in [1.54, 1.807) is 0 Å². The summed E-state index contributed by atoms with van der Waals surface area (Å²) in [6.07, 6.45) is 2.30. The predicted octanol–water partition coefficient (Wildman–Crippen LogP) is 3.16. The second-order valence-electron chi connectivity index (χ2n) is 3.65. The van der Waals surface area contributed by atoms with Crippen LogP contribution in [0.2, 0.25) is 0 Å². The standard InChI is InChI=1S/C12H18N2S/c1-3-7-10(2)13-12(15)14-11-8-5-4-6-9-11/h4-6,8-10H,3,7H2,1-2H3,(H2,13,14,15). The molecule has 0 amide bonds. The number of para-hydroxylation sites is 1. The van der Waals surface area contributed by atoms with Crippen molar-refractivity contribution in [3.05, 3.63) is 30.3 Å². The van der Waals surface area contributed by atoms with E-state index in [1.807, 2.05) is 30.3 Å². The maximum atomic E-state index is 5.20. The zero-order chi connectivity index (χ0) is 11.1. The third-order valence-electron chi connectivity index (χ3n) is 2.13. The number of hydrogen-bond acceptors (Lipinski definition) is 1. The van der Waals surface area contributed by atoms with Crippen molar-refractivity contribution in [3.8, 4) is 0 Å². The summed E-state index contributed by atoms with van der Waals surface area (Å²) < 4.78 is 0. The molecule has 0 aliphatic carbocycles. The fraction of sp³-hybridized carbons (Fsp3) is 0.417. The van der Waals surface area contributed by atoms with Crippen molar-refractivity contribution in [2.75, 3.05) is 5.32 Å². The van der Waals surface area contributed by atoms with Gasteiger partial charge in [0.1, 0.15) is 0 Å². The van der Waals surface area contributed by atoms with Crippen molar-refractivity contribution >= 4 is 23.0 Å². The monoisotopic (exact) mass is 222 g/mol. The van der Waals surface area contributed by atoms with Crippen LogP contribution in [0.1, 0.15) is 26.7 Å². The first kappa shape index (κ1) is 12.0. The minimum absolute atomic E-state index is 0.429. The van der Waals surface area contributed by atoms with Gasteiger partial charge in [-0.25, -0.2) is 0 Å². The van der Waals surface area contributed by atoms with E-state index in [0.29, 0.717) is 11.2 Å².